The van der Waals surface area contributed by atoms with Gasteiger partial charge in [-0.1, -0.05) is 30.3 Å². The van der Waals surface area contributed by atoms with Crippen molar-refractivity contribution in [3.8, 4) is 11.3 Å². The zero-order valence-electron chi connectivity index (χ0n) is 21.1. The Kier molecular flexibility index (Phi) is 7.32. The molecule has 4 aromatic rings. The Balaban J connectivity index is 1.32. The Hall–Kier alpha value is -3.93. The third kappa shape index (κ3) is 5.08. The van der Waals surface area contributed by atoms with Crippen molar-refractivity contribution in [2.45, 2.75) is 13.0 Å². The van der Waals surface area contributed by atoms with Gasteiger partial charge < -0.3 is 20.0 Å². The van der Waals surface area contributed by atoms with Gasteiger partial charge in [-0.25, -0.2) is 4.98 Å². The number of anilines is 2. The number of carbonyl (C=O) groups is 2. The van der Waals surface area contributed by atoms with Crippen molar-refractivity contribution < 1.29 is 19.8 Å². The zero-order chi connectivity index (χ0) is 26.8. The molecule has 0 radical (unpaired) electrons. The first-order valence-corrected chi connectivity index (χ1v) is 13.1. The van der Waals surface area contributed by atoms with Crippen LogP contribution in [0.2, 0.25) is 0 Å². The molecule has 1 saturated heterocycles. The molecule has 2 N–H and O–H groups in total. The third-order valence-electron chi connectivity index (χ3n) is 6.52. The summed E-state index contributed by atoms with van der Waals surface area (Å²) in [5.41, 5.74) is 2.36. The first kappa shape index (κ1) is 25.7. The molecule has 0 bridgehead atoms. The van der Waals surface area contributed by atoms with Gasteiger partial charge in [0.25, 0.3) is 11.8 Å². The number of pyridine rings is 1. The number of nitrogens with zero attached hydrogens (tertiary/aromatic N) is 6. The topological polar surface area (TPSA) is 123 Å². The van der Waals surface area contributed by atoms with E-state index in [2.05, 4.69) is 19.9 Å². The van der Waals surface area contributed by atoms with E-state index in [-0.39, 0.29) is 11.9 Å². The lowest BCUT2D eigenvalue weighted by Gasteiger charge is -2.36. The van der Waals surface area contributed by atoms with Crippen LogP contribution in [0.15, 0.2) is 54.7 Å². The number of aryl methyl sites for hydroxylation is 1. The standard InChI is InChI=1S/C27H28N6O4S/c1-17-14-20-23(29-27(30-24(20)38-17)31(2)26(37)22(35)16-34)32-10-12-33(13-11-32)25(36)19-8-9-21(28-15-19)18-6-4-3-5-7-18/h3-9,14-15,22,34-35H,10-13,16H2,1-2H3/t22-/m0/s1. The zero-order valence-corrected chi connectivity index (χ0v) is 21.9. The van der Waals surface area contributed by atoms with Crippen LogP contribution in [0.4, 0.5) is 11.8 Å². The summed E-state index contributed by atoms with van der Waals surface area (Å²) in [6, 6.07) is 15.5. The molecule has 10 nitrogen and oxygen atoms in total. The van der Waals surface area contributed by atoms with Gasteiger partial charge in [0.2, 0.25) is 5.95 Å². The van der Waals surface area contributed by atoms with Crippen molar-refractivity contribution in [1.29, 1.82) is 0 Å². The van der Waals surface area contributed by atoms with Crippen molar-refractivity contribution in [3.05, 3.63) is 65.2 Å². The number of fused-ring (bicyclic) bond motifs is 1. The summed E-state index contributed by atoms with van der Waals surface area (Å²) in [5.74, 6) is 0.0665. The number of hydrogen-bond acceptors (Lipinski definition) is 9. The largest absolute Gasteiger partial charge is 0.393 e. The molecule has 0 unspecified atom stereocenters. The number of amides is 2. The summed E-state index contributed by atoms with van der Waals surface area (Å²) < 4.78 is 0. The van der Waals surface area contributed by atoms with Crippen LogP contribution in [0.5, 0.6) is 0 Å². The minimum absolute atomic E-state index is 0.0695. The summed E-state index contributed by atoms with van der Waals surface area (Å²) in [6.45, 7) is 3.41. The summed E-state index contributed by atoms with van der Waals surface area (Å²) >= 11 is 1.49. The quantitative estimate of drug-likeness (QED) is 0.388. The molecule has 3 aromatic heterocycles. The molecule has 11 heteroatoms. The van der Waals surface area contributed by atoms with Gasteiger partial charge in [-0.15, -0.1) is 11.3 Å². The second kappa shape index (κ2) is 10.8. The van der Waals surface area contributed by atoms with E-state index in [1.165, 1.54) is 18.4 Å². The van der Waals surface area contributed by atoms with Gasteiger partial charge in [0, 0.05) is 49.9 Å². The van der Waals surface area contributed by atoms with Crippen LogP contribution in [-0.4, -0.2) is 87.8 Å². The summed E-state index contributed by atoms with van der Waals surface area (Å²) in [7, 11) is 1.47. The Labute approximate surface area is 223 Å². The first-order valence-electron chi connectivity index (χ1n) is 12.3. The fourth-order valence-corrected chi connectivity index (χ4v) is 5.28. The molecule has 196 valence electrons. The maximum Gasteiger partial charge on any atom is 0.260 e. The number of benzene rings is 1. The Bertz CT molecular complexity index is 1450. The molecular formula is C27H28N6O4S. The van der Waals surface area contributed by atoms with E-state index >= 15 is 0 Å². The number of aliphatic hydroxyl groups is 2. The van der Waals surface area contributed by atoms with E-state index in [1.54, 1.807) is 11.1 Å². The summed E-state index contributed by atoms with van der Waals surface area (Å²) in [6.07, 6.45) is 0.0811. The minimum atomic E-state index is -1.54. The number of likely N-dealkylation sites (N-methyl/N-ethyl adjacent to an activating group) is 1. The van der Waals surface area contributed by atoms with Gasteiger partial charge in [0.1, 0.15) is 10.6 Å². The normalized spacial score (nSPS) is 14.5. The number of carbonyl (C=O) groups excluding carboxylic acids is 2. The van der Waals surface area contributed by atoms with E-state index in [0.29, 0.717) is 37.6 Å². The minimum Gasteiger partial charge on any atom is -0.393 e. The molecule has 38 heavy (non-hydrogen) atoms. The van der Waals surface area contributed by atoms with Gasteiger partial charge in [-0.3, -0.25) is 19.5 Å². The molecule has 0 aliphatic carbocycles. The predicted molar refractivity (Wildman–Crippen MR) is 146 cm³/mol. The van der Waals surface area contributed by atoms with E-state index in [0.717, 1.165) is 31.3 Å². The molecule has 1 aliphatic heterocycles. The predicted octanol–water partition coefficient (Wildman–Crippen LogP) is 2.34. The molecule has 1 aromatic carbocycles. The number of thiophene rings is 1. The summed E-state index contributed by atoms with van der Waals surface area (Å²) in [4.78, 5) is 46.1. The Morgan fingerprint density at radius 1 is 1.08 bits per heavy atom. The van der Waals surface area contributed by atoms with Gasteiger partial charge >= 0.3 is 0 Å². The molecule has 0 saturated carbocycles. The number of aromatic nitrogens is 3. The second-order valence-electron chi connectivity index (χ2n) is 9.10. The summed E-state index contributed by atoms with van der Waals surface area (Å²) in [5, 5.41) is 19.8. The number of hydrogen-bond donors (Lipinski definition) is 2. The molecular weight excluding hydrogens is 504 g/mol. The Morgan fingerprint density at radius 3 is 2.47 bits per heavy atom. The maximum absolute atomic E-state index is 13.2. The highest BCUT2D eigenvalue weighted by atomic mass is 32.1. The van der Waals surface area contributed by atoms with Crippen LogP contribution < -0.4 is 9.80 Å². The van der Waals surface area contributed by atoms with Crippen LogP contribution in [0.25, 0.3) is 21.5 Å². The van der Waals surface area contributed by atoms with Crippen molar-refractivity contribution in [3.63, 3.8) is 0 Å². The number of rotatable bonds is 6. The van der Waals surface area contributed by atoms with E-state index < -0.39 is 18.6 Å². The highest BCUT2D eigenvalue weighted by Crippen LogP contribution is 2.33. The van der Waals surface area contributed by atoms with Crippen LogP contribution in [0.3, 0.4) is 0 Å². The van der Waals surface area contributed by atoms with Gasteiger partial charge in [0.15, 0.2) is 6.10 Å². The van der Waals surface area contributed by atoms with Crippen LogP contribution >= 0.6 is 11.3 Å². The lowest BCUT2D eigenvalue weighted by molar-refractivity contribution is -0.128. The van der Waals surface area contributed by atoms with Crippen molar-refractivity contribution in [2.75, 3.05) is 49.6 Å². The fraction of sp³-hybridized carbons (Fsp3) is 0.296. The van der Waals surface area contributed by atoms with Gasteiger partial charge in [-0.2, -0.15) is 4.98 Å². The van der Waals surface area contributed by atoms with Gasteiger partial charge in [-0.05, 0) is 25.1 Å². The Morgan fingerprint density at radius 2 is 1.82 bits per heavy atom. The molecule has 2 amide bonds. The van der Waals surface area contributed by atoms with Crippen LogP contribution in [0, 0.1) is 6.92 Å². The van der Waals surface area contributed by atoms with Gasteiger partial charge in [0.05, 0.1) is 23.3 Å². The smallest absolute Gasteiger partial charge is 0.260 e. The molecule has 1 fully saturated rings. The molecule has 0 spiro atoms. The van der Waals surface area contributed by atoms with E-state index in [1.807, 2.05) is 55.5 Å². The lowest BCUT2D eigenvalue weighted by atomic mass is 10.1. The molecule has 5 rings (SSSR count). The van der Waals surface area contributed by atoms with E-state index in [4.69, 9.17) is 0 Å². The average Bonchev–Trinajstić information content (AvgIpc) is 3.35. The first-order chi connectivity index (χ1) is 18.4. The number of aliphatic hydroxyl groups excluding tert-OH is 2. The highest BCUT2D eigenvalue weighted by molar-refractivity contribution is 7.18. The van der Waals surface area contributed by atoms with Crippen molar-refractivity contribution in [1.82, 2.24) is 19.9 Å². The average molecular weight is 533 g/mol. The molecule has 4 heterocycles. The highest BCUT2D eigenvalue weighted by Gasteiger charge is 2.27. The van der Waals surface area contributed by atoms with Crippen LogP contribution in [0.1, 0.15) is 15.2 Å². The van der Waals surface area contributed by atoms with Crippen LogP contribution in [-0.2, 0) is 4.79 Å². The fourth-order valence-electron chi connectivity index (χ4n) is 4.41. The lowest BCUT2D eigenvalue weighted by Crippen LogP contribution is -2.49. The SMILES string of the molecule is Cc1cc2c(N3CCN(C(=O)c4ccc(-c5ccccc5)nc4)CC3)nc(N(C)C(=O)[C@@H](O)CO)nc2s1. The third-order valence-corrected chi connectivity index (χ3v) is 7.46. The monoisotopic (exact) mass is 532 g/mol. The van der Waals surface area contributed by atoms with Crippen molar-refractivity contribution in [2.24, 2.45) is 0 Å². The number of piperazine rings is 1. The molecule has 1 atom stereocenters. The second-order valence-corrected chi connectivity index (χ2v) is 10.3. The molecule has 1 aliphatic rings. The van der Waals surface area contributed by atoms with E-state index in [9.17, 15) is 19.8 Å². The van der Waals surface area contributed by atoms with Crippen molar-refractivity contribution >= 4 is 45.1 Å². The maximum atomic E-state index is 13.2.